The zero-order valence-electron chi connectivity index (χ0n) is 15.0. The maximum Gasteiger partial charge on any atom is 0.342 e. The summed E-state index contributed by atoms with van der Waals surface area (Å²) in [7, 11) is 1.46. The lowest BCUT2D eigenvalue weighted by Crippen LogP contribution is -2.24. The topological polar surface area (TPSA) is 176 Å². The highest BCUT2D eigenvalue weighted by Gasteiger charge is 2.28. The maximum atomic E-state index is 12.2. The van der Waals surface area contributed by atoms with Gasteiger partial charge >= 0.3 is 11.9 Å². The van der Waals surface area contributed by atoms with Crippen molar-refractivity contribution >= 4 is 17.8 Å². The van der Waals surface area contributed by atoms with E-state index in [2.05, 4.69) is 4.98 Å². The summed E-state index contributed by atoms with van der Waals surface area (Å²) in [4.78, 5) is 41.7. The van der Waals surface area contributed by atoms with Gasteiger partial charge in [-0.3, -0.25) is 4.79 Å². The largest absolute Gasteiger partial charge is 0.507 e. The number of nitrogens with one attached hydrogen (secondary N) is 1. The number of phenols is 1. The summed E-state index contributed by atoms with van der Waals surface area (Å²) in [6.07, 6.45) is 1.48. The summed E-state index contributed by atoms with van der Waals surface area (Å²) in [5, 5.41) is 29.4. The van der Waals surface area contributed by atoms with E-state index in [0.29, 0.717) is 17.0 Å². The molecule has 6 N–H and O–H groups in total. The van der Waals surface area contributed by atoms with Crippen LogP contribution >= 0.6 is 0 Å². The van der Waals surface area contributed by atoms with Crippen molar-refractivity contribution in [3.63, 3.8) is 0 Å². The minimum atomic E-state index is -1.67. The number of benzene rings is 1. The predicted octanol–water partition coefficient (Wildman–Crippen LogP) is 1.80. The summed E-state index contributed by atoms with van der Waals surface area (Å²) < 4.78 is 4.99. The molecule has 0 aliphatic heterocycles. The molecule has 29 heavy (non-hydrogen) atoms. The van der Waals surface area contributed by atoms with Crippen LogP contribution in [0.25, 0.3) is 22.3 Å². The minimum Gasteiger partial charge on any atom is -0.507 e. The van der Waals surface area contributed by atoms with Crippen LogP contribution in [0.2, 0.25) is 0 Å². The fourth-order valence-electron chi connectivity index (χ4n) is 2.90. The Hall–Kier alpha value is -4.34. The van der Waals surface area contributed by atoms with Crippen molar-refractivity contribution in [2.24, 2.45) is 0 Å². The van der Waals surface area contributed by atoms with Gasteiger partial charge in [-0.05, 0) is 23.8 Å². The highest BCUT2D eigenvalue weighted by Crippen LogP contribution is 2.38. The van der Waals surface area contributed by atoms with Crippen LogP contribution in [0.15, 0.2) is 41.3 Å². The Morgan fingerprint density at radius 3 is 2.28 bits per heavy atom. The van der Waals surface area contributed by atoms with Crippen LogP contribution in [0, 0.1) is 0 Å². The molecule has 0 radical (unpaired) electrons. The number of methoxy groups -OCH3 is 1. The molecule has 0 unspecified atom stereocenters. The average molecular weight is 397 g/mol. The second-order valence-corrected chi connectivity index (χ2v) is 5.92. The quantitative estimate of drug-likeness (QED) is 0.429. The minimum absolute atomic E-state index is 0.175. The highest BCUT2D eigenvalue weighted by molar-refractivity contribution is 6.08. The fraction of sp³-hybridized carbons (Fsp3) is 0.0526. The van der Waals surface area contributed by atoms with Gasteiger partial charge in [0.2, 0.25) is 5.88 Å². The van der Waals surface area contributed by atoms with Crippen LogP contribution in [-0.4, -0.2) is 44.3 Å². The molecule has 2 aromatic heterocycles. The Morgan fingerprint density at radius 2 is 1.72 bits per heavy atom. The van der Waals surface area contributed by atoms with Gasteiger partial charge in [0.1, 0.15) is 22.7 Å². The predicted molar refractivity (Wildman–Crippen MR) is 102 cm³/mol. The number of carboxylic acid groups (broad SMARTS) is 2. The molecular formula is C19H15N3O7. The monoisotopic (exact) mass is 397 g/mol. The zero-order chi connectivity index (χ0) is 21.3. The van der Waals surface area contributed by atoms with Gasteiger partial charge in [0, 0.05) is 29.0 Å². The number of hydrogen-bond acceptors (Lipinski definition) is 7. The van der Waals surface area contributed by atoms with E-state index >= 15 is 0 Å². The number of anilines is 1. The number of nitrogen functional groups attached to an aromatic ring is 1. The molecular weight excluding hydrogens is 382 g/mol. The molecule has 1 aromatic carbocycles. The first-order chi connectivity index (χ1) is 13.7. The smallest absolute Gasteiger partial charge is 0.342 e. The molecule has 0 fully saturated rings. The van der Waals surface area contributed by atoms with Crippen molar-refractivity contribution in [2.75, 3.05) is 12.8 Å². The second-order valence-electron chi connectivity index (χ2n) is 5.92. The van der Waals surface area contributed by atoms with Gasteiger partial charge in [-0.2, -0.15) is 0 Å². The van der Waals surface area contributed by atoms with Crippen molar-refractivity contribution in [3.05, 3.63) is 58.0 Å². The molecule has 3 rings (SSSR count). The van der Waals surface area contributed by atoms with Crippen molar-refractivity contribution in [1.29, 1.82) is 0 Å². The third-order valence-corrected chi connectivity index (χ3v) is 4.22. The lowest BCUT2D eigenvalue weighted by atomic mass is 9.92. The highest BCUT2D eigenvalue weighted by atomic mass is 16.5. The fourth-order valence-corrected chi connectivity index (χ4v) is 2.90. The average Bonchev–Trinajstić information content (AvgIpc) is 2.67. The van der Waals surface area contributed by atoms with Crippen LogP contribution in [0.3, 0.4) is 0 Å². The standard InChI is InChI=1S/C19H15N3O7/c1-29-12-5-3-9(7-21-12)8-2-4-11(23)10(6-8)13-14(18(25)26)16(20)22-17(24)15(13)19(27)28/h2-7,23H,1H3,(H,25,26)(H,27,28)(H3,20,22,24). The number of aromatic carboxylic acids is 2. The Balaban J connectivity index is 2.34. The number of hydrogen-bond donors (Lipinski definition) is 5. The number of aromatic amines is 1. The first kappa shape index (κ1) is 19.4. The molecule has 0 amide bonds. The lowest BCUT2D eigenvalue weighted by Gasteiger charge is -2.14. The second kappa shape index (κ2) is 7.35. The molecule has 148 valence electrons. The van der Waals surface area contributed by atoms with Gasteiger partial charge < -0.3 is 30.8 Å². The number of pyridine rings is 2. The maximum absolute atomic E-state index is 12.2. The Bertz CT molecular complexity index is 1180. The molecule has 0 aliphatic rings. The van der Waals surface area contributed by atoms with E-state index in [1.807, 2.05) is 4.98 Å². The summed E-state index contributed by atoms with van der Waals surface area (Å²) in [5.41, 5.74) is 3.45. The molecule has 0 aliphatic carbocycles. The number of aromatic hydroxyl groups is 1. The van der Waals surface area contributed by atoms with E-state index in [1.165, 1.54) is 31.5 Å². The zero-order valence-corrected chi connectivity index (χ0v) is 15.0. The van der Waals surface area contributed by atoms with Crippen molar-refractivity contribution in [2.45, 2.75) is 0 Å². The third-order valence-electron chi connectivity index (χ3n) is 4.22. The lowest BCUT2D eigenvalue weighted by molar-refractivity contribution is 0.0695. The van der Waals surface area contributed by atoms with E-state index in [-0.39, 0.29) is 5.56 Å². The van der Waals surface area contributed by atoms with E-state index in [9.17, 15) is 29.7 Å². The Kier molecular flexibility index (Phi) is 4.92. The first-order valence-corrected chi connectivity index (χ1v) is 8.10. The van der Waals surface area contributed by atoms with Crippen LogP contribution < -0.4 is 16.0 Å². The van der Waals surface area contributed by atoms with Crippen molar-refractivity contribution in [3.8, 4) is 33.9 Å². The number of carbonyl (C=O) groups is 2. The number of rotatable bonds is 5. The van der Waals surface area contributed by atoms with Crippen LogP contribution in [0.1, 0.15) is 20.7 Å². The number of ether oxygens (including phenoxy) is 1. The van der Waals surface area contributed by atoms with Gasteiger partial charge in [-0.1, -0.05) is 6.07 Å². The first-order valence-electron chi connectivity index (χ1n) is 8.10. The van der Waals surface area contributed by atoms with Crippen molar-refractivity contribution < 1.29 is 29.6 Å². The molecule has 2 heterocycles. The molecule has 0 saturated carbocycles. The van der Waals surface area contributed by atoms with Gasteiger partial charge in [-0.25, -0.2) is 14.6 Å². The number of nitrogens with zero attached hydrogens (tertiary/aromatic N) is 1. The van der Waals surface area contributed by atoms with E-state index < -0.39 is 45.8 Å². The van der Waals surface area contributed by atoms with Crippen LogP contribution in [-0.2, 0) is 0 Å². The van der Waals surface area contributed by atoms with Gasteiger partial charge in [0.25, 0.3) is 5.56 Å². The molecule has 3 aromatic rings. The van der Waals surface area contributed by atoms with E-state index in [4.69, 9.17) is 10.5 Å². The van der Waals surface area contributed by atoms with Gasteiger partial charge in [0.15, 0.2) is 0 Å². The molecule has 10 heteroatoms. The molecule has 10 nitrogen and oxygen atoms in total. The normalized spacial score (nSPS) is 10.5. The molecule has 0 bridgehead atoms. The number of carboxylic acids is 2. The number of nitrogens with two attached hydrogens (primary N) is 1. The number of phenolic OH excluding ortho intramolecular Hbond substituents is 1. The van der Waals surface area contributed by atoms with Crippen LogP contribution in [0.5, 0.6) is 11.6 Å². The van der Waals surface area contributed by atoms with Gasteiger partial charge in [-0.15, -0.1) is 0 Å². The Labute approximate surface area is 162 Å². The molecule has 0 saturated heterocycles. The van der Waals surface area contributed by atoms with Crippen LogP contribution in [0.4, 0.5) is 5.82 Å². The number of H-pyrrole nitrogens is 1. The SMILES string of the molecule is COc1ccc(-c2ccc(O)c(-c3c(C(=O)O)c(N)[nH]c(=O)c3C(=O)O)c2)cn1. The van der Waals surface area contributed by atoms with Gasteiger partial charge in [0.05, 0.1) is 7.11 Å². The summed E-state index contributed by atoms with van der Waals surface area (Å²) in [5.74, 6) is -3.81. The summed E-state index contributed by atoms with van der Waals surface area (Å²) >= 11 is 0. The van der Waals surface area contributed by atoms with E-state index in [1.54, 1.807) is 12.1 Å². The third kappa shape index (κ3) is 3.46. The van der Waals surface area contributed by atoms with Crippen molar-refractivity contribution in [1.82, 2.24) is 9.97 Å². The number of aromatic nitrogens is 2. The summed E-state index contributed by atoms with van der Waals surface area (Å²) in [6.45, 7) is 0. The molecule has 0 spiro atoms. The Morgan fingerprint density at radius 1 is 1.07 bits per heavy atom. The summed E-state index contributed by atoms with van der Waals surface area (Å²) in [6, 6.07) is 7.40. The van der Waals surface area contributed by atoms with E-state index in [0.717, 1.165) is 0 Å². The molecule has 0 atom stereocenters.